The number of ether oxygens (including phenoxy) is 1. The molecule has 10 heteroatoms. The SMILES string of the molecule is CCCO[C@@H]1C[C@@H](C(=O)N2CCN(C)CC2)CC[C@H]1NC(=O)c1ccon1.O=CO. The van der Waals surface area contributed by atoms with E-state index in [9.17, 15) is 9.59 Å². The standard InChI is InChI=1S/C19H30N4O4.CH2O2/c1-3-11-26-17-13-14(19(25)23-9-7-22(2)8-10-23)4-5-15(17)20-18(24)16-6-12-27-21-16;2-1-3/h6,12,14-15,17H,3-5,7-11,13H2,1-2H3,(H,20,24);1H,(H,2,3)/t14-,15+,17+;/m0./s1. The molecule has 1 aromatic heterocycles. The number of amides is 2. The number of aromatic nitrogens is 1. The summed E-state index contributed by atoms with van der Waals surface area (Å²) in [4.78, 5) is 37.8. The Morgan fingerprint density at radius 1 is 1.33 bits per heavy atom. The highest BCUT2D eigenvalue weighted by Crippen LogP contribution is 2.29. The first-order valence-corrected chi connectivity index (χ1v) is 10.4. The van der Waals surface area contributed by atoms with Gasteiger partial charge in [0.2, 0.25) is 5.91 Å². The molecule has 2 aliphatic rings. The molecule has 1 aliphatic carbocycles. The number of nitrogens with one attached hydrogen (secondary N) is 1. The van der Waals surface area contributed by atoms with Crippen LogP contribution in [0.1, 0.15) is 43.1 Å². The fourth-order valence-corrected chi connectivity index (χ4v) is 3.83. The molecule has 0 unspecified atom stereocenters. The van der Waals surface area contributed by atoms with Crippen LogP contribution in [0.25, 0.3) is 0 Å². The van der Waals surface area contributed by atoms with E-state index in [0.717, 1.165) is 45.4 Å². The van der Waals surface area contributed by atoms with Gasteiger partial charge in [-0.2, -0.15) is 0 Å². The van der Waals surface area contributed by atoms with E-state index in [1.165, 1.54) is 6.26 Å². The van der Waals surface area contributed by atoms with Crippen LogP contribution >= 0.6 is 0 Å². The van der Waals surface area contributed by atoms with Crippen molar-refractivity contribution < 1.29 is 28.8 Å². The predicted octanol–water partition coefficient (Wildman–Crippen LogP) is 0.843. The van der Waals surface area contributed by atoms with E-state index in [4.69, 9.17) is 19.2 Å². The molecule has 2 N–H and O–H groups in total. The minimum Gasteiger partial charge on any atom is -0.483 e. The minimum atomic E-state index is -0.261. The zero-order chi connectivity index (χ0) is 21.9. The van der Waals surface area contributed by atoms with Gasteiger partial charge in [0.1, 0.15) is 6.26 Å². The van der Waals surface area contributed by atoms with Gasteiger partial charge in [-0.05, 0) is 32.7 Å². The molecule has 3 atom stereocenters. The van der Waals surface area contributed by atoms with Gasteiger partial charge in [-0.3, -0.25) is 14.4 Å². The lowest BCUT2D eigenvalue weighted by atomic mass is 9.82. The predicted molar refractivity (Wildman–Crippen MR) is 108 cm³/mol. The summed E-state index contributed by atoms with van der Waals surface area (Å²) in [5.74, 6) is -0.0624. The molecule has 0 aromatic carbocycles. The largest absolute Gasteiger partial charge is 0.483 e. The topological polar surface area (TPSA) is 125 Å². The van der Waals surface area contributed by atoms with Crippen molar-refractivity contribution in [2.24, 2.45) is 5.92 Å². The van der Waals surface area contributed by atoms with E-state index >= 15 is 0 Å². The fourth-order valence-electron chi connectivity index (χ4n) is 3.83. The summed E-state index contributed by atoms with van der Waals surface area (Å²) in [6.45, 7) is 5.85. The van der Waals surface area contributed by atoms with Crippen LogP contribution in [0.4, 0.5) is 0 Å². The van der Waals surface area contributed by atoms with Crippen LogP contribution in [0.3, 0.4) is 0 Å². The third kappa shape index (κ3) is 6.81. The molecule has 10 nitrogen and oxygen atoms in total. The summed E-state index contributed by atoms with van der Waals surface area (Å²) in [6.07, 6.45) is 4.26. The first-order chi connectivity index (χ1) is 14.5. The Hall–Kier alpha value is -2.46. The van der Waals surface area contributed by atoms with Gasteiger partial charge in [0.25, 0.3) is 12.4 Å². The highest BCUT2D eigenvalue weighted by Gasteiger charge is 2.37. The maximum absolute atomic E-state index is 12.9. The second kappa shape index (κ2) is 12.3. The number of carbonyl (C=O) groups is 3. The molecule has 2 fully saturated rings. The van der Waals surface area contributed by atoms with E-state index in [2.05, 4.69) is 29.3 Å². The Labute approximate surface area is 176 Å². The van der Waals surface area contributed by atoms with E-state index in [1.807, 2.05) is 4.90 Å². The average Bonchev–Trinajstić information content (AvgIpc) is 3.29. The van der Waals surface area contributed by atoms with Crippen molar-refractivity contribution in [1.82, 2.24) is 20.3 Å². The molecule has 2 amide bonds. The Bertz CT molecular complexity index is 660. The van der Waals surface area contributed by atoms with Gasteiger partial charge >= 0.3 is 0 Å². The monoisotopic (exact) mass is 424 g/mol. The molecular formula is C20H32N4O6. The number of piperazine rings is 1. The summed E-state index contributed by atoms with van der Waals surface area (Å²) in [7, 11) is 2.08. The molecule has 0 radical (unpaired) electrons. The molecule has 3 rings (SSSR count). The van der Waals surface area contributed by atoms with Crippen LogP contribution in [0.5, 0.6) is 0 Å². The molecule has 1 aliphatic heterocycles. The van der Waals surface area contributed by atoms with Crippen LogP contribution in [-0.4, -0.2) is 90.3 Å². The lowest BCUT2D eigenvalue weighted by molar-refractivity contribution is -0.140. The van der Waals surface area contributed by atoms with Crippen molar-refractivity contribution in [3.63, 3.8) is 0 Å². The van der Waals surface area contributed by atoms with Crippen molar-refractivity contribution >= 4 is 18.3 Å². The molecule has 2 heterocycles. The third-order valence-corrected chi connectivity index (χ3v) is 5.48. The number of hydrogen-bond acceptors (Lipinski definition) is 7. The zero-order valence-electron chi connectivity index (χ0n) is 17.7. The van der Waals surface area contributed by atoms with Crippen LogP contribution in [0.2, 0.25) is 0 Å². The molecule has 0 spiro atoms. The van der Waals surface area contributed by atoms with Crippen LogP contribution < -0.4 is 5.32 Å². The first-order valence-electron chi connectivity index (χ1n) is 10.4. The number of carboxylic acid groups (broad SMARTS) is 1. The van der Waals surface area contributed by atoms with Gasteiger partial charge in [-0.15, -0.1) is 0 Å². The Kier molecular flexibility index (Phi) is 9.75. The normalized spacial score (nSPS) is 24.5. The number of nitrogens with zero attached hydrogens (tertiary/aromatic N) is 3. The summed E-state index contributed by atoms with van der Waals surface area (Å²) in [6, 6.07) is 1.43. The number of carbonyl (C=O) groups excluding carboxylic acids is 2. The van der Waals surface area contributed by atoms with Crippen LogP contribution in [-0.2, 0) is 14.3 Å². The maximum Gasteiger partial charge on any atom is 0.290 e. The number of rotatable bonds is 6. The molecule has 0 bridgehead atoms. The fraction of sp³-hybridized carbons (Fsp3) is 0.700. The van der Waals surface area contributed by atoms with Gasteiger partial charge in [0.05, 0.1) is 12.1 Å². The van der Waals surface area contributed by atoms with Crippen molar-refractivity contribution in [3.05, 3.63) is 18.0 Å². The highest BCUT2D eigenvalue weighted by molar-refractivity contribution is 5.92. The lowest BCUT2D eigenvalue weighted by Crippen LogP contribution is -2.53. The summed E-state index contributed by atoms with van der Waals surface area (Å²) in [5.41, 5.74) is 0.264. The molecule has 168 valence electrons. The van der Waals surface area contributed by atoms with Gasteiger partial charge in [0, 0.05) is 44.8 Å². The van der Waals surface area contributed by atoms with Crippen molar-refractivity contribution in [2.45, 2.75) is 44.8 Å². The highest BCUT2D eigenvalue weighted by atomic mass is 16.5. The van der Waals surface area contributed by atoms with Crippen molar-refractivity contribution in [1.29, 1.82) is 0 Å². The summed E-state index contributed by atoms with van der Waals surface area (Å²) < 4.78 is 10.8. The molecular weight excluding hydrogens is 392 g/mol. The Balaban J connectivity index is 0.00000101. The second-order valence-corrected chi connectivity index (χ2v) is 7.62. The van der Waals surface area contributed by atoms with E-state index in [-0.39, 0.29) is 42.0 Å². The van der Waals surface area contributed by atoms with Crippen molar-refractivity contribution in [2.75, 3.05) is 39.8 Å². The van der Waals surface area contributed by atoms with Gasteiger partial charge < -0.3 is 29.5 Å². The van der Waals surface area contributed by atoms with E-state index in [1.54, 1.807) is 6.07 Å². The summed E-state index contributed by atoms with van der Waals surface area (Å²) >= 11 is 0. The van der Waals surface area contributed by atoms with E-state index < -0.39 is 0 Å². The smallest absolute Gasteiger partial charge is 0.290 e. The molecule has 30 heavy (non-hydrogen) atoms. The molecule has 1 aromatic rings. The first kappa shape index (κ1) is 23.8. The maximum atomic E-state index is 12.9. The van der Waals surface area contributed by atoms with Gasteiger partial charge in [-0.1, -0.05) is 12.1 Å². The number of likely N-dealkylation sites (N-methyl/N-ethyl adjacent to an activating group) is 1. The third-order valence-electron chi connectivity index (χ3n) is 5.48. The van der Waals surface area contributed by atoms with Crippen molar-refractivity contribution in [3.8, 4) is 0 Å². The minimum absolute atomic E-state index is 0.0320. The zero-order valence-corrected chi connectivity index (χ0v) is 17.7. The van der Waals surface area contributed by atoms with E-state index in [0.29, 0.717) is 13.0 Å². The molecule has 1 saturated heterocycles. The quantitative estimate of drug-likeness (QED) is 0.644. The van der Waals surface area contributed by atoms with Crippen LogP contribution in [0.15, 0.2) is 16.9 Å². The van der Waals surface area contributed by atoms with Gasteiger partial charge in [-0.25, -0.2) is 0 Å². The lowest BCUT2D eigenvalue weighted by Gasteiger charge is -2.39. The number of hydrogen-bond donors (Lipinski definition) is 2. The summed E-state index contributed by atoms with van der Waals surface area (Å²) in [5, 5.41) is 13.6. The average molecular weight is 424 g/mol. The Morgan fingerprint density at radius 2 is 2.03 bits per heavy atom. The Morgan fingerprint density at radius 3 is 2.63 bits per heavy atom. The van der Waals surface area contributed by atoms with Crippen LogP contribution in [0, 0.1) is 5.92 Å². The van der Waals surface area contributed by atoms with Gasteiger partial charge in [0.15, 0.2) is 5.69 Å². The molecule has 1 saturated carbocycles. The second-order valence-electron chi connectivity index (χ2n) is 7.62.